The predicted octanol–water partition coefficient (Wildman–Crippen LogP) is 2.02. The maximum Gasteiger partial charge on any atom is 0.331 e. The molecule has 0 radical (unpaired) electrons. The minimum absolute atomic E-state index is 0.0728. The molecule has 1 N–H and O–H groups in total. The first kappa shape index (κ1) is 18.2. The van der Waals surface area contributed by atoms with Crippen molar-refractivity contribution in [2.75, 3.05) is 42.3 Å². The second-order valence-corrected chi connectivity index (χ2v) is 6.23. The van der Waals surface area contributed by atoms with Crippen LogP contribution >= 0.6 is 0 Å². The van der Waals surface area contributed by atoms with Crippen LogP contribution in [0, 0.1) is 10.1 Å². The normalized spacial score (nSPS) is 12.8. The maximum absolute atomic E-state index is 12.4. The Morgan fingerprint density at radius 2 is 1.96 bits per heavy atom. The average molecular weight is 370 g/mol. The Kier molecular flexibility index (Phi) is 4.93. The summed E-state index contributed by atoms with van der Waals surface area (Å²) in [5.41, 5.74) is 1.91. The van der Waals surface area contributed by atoms with Crippen LogP contribution in [0.25, 0.3) is 0 Å². The van der Waals surface area contributed by atoms with Gasteiger partial charge in [0.15, 0.2) is 5.75 Å². The number of rotatable bonds is 5. The molecule has 2 aromatic rings. The van der Waals surface area contributed by atoms with Gasteiger partial charge < -0.3 is 19.9 Å². The van der Waals surface area contributed by atoms with Crippen molar-refractivity contribution >= 4 is 34.6 Å². The molecule has 2 aromatic carbocycles. The molecule has 0 saturated heterocycles. The molecule has 140 valence electrons. The second-order valence-electron chi connectivity index (χ2n) is 6.23. The summed E-state index contributed by atoms with van der Waals surface area (Å²) < 4.78 is 5.07. The molecule has 0 aromatic heterocycles. The molecule has 1 aliphatic heterocycles. The Bertz CT molecular complexity index is 895. The highest BCUT2D eigenvalue weighted by Gasteiger charge is 2.27. The third-order valence-electron chi connectivity index (χ3n) is 4.04. The maximum atomic E-state index is 12.4. The van der Waals surface area contributed by atoms with Gasteiger partial charge in [-0.3, -0.25) is 14.9 Å². The number of ether oxygens (including phenoxy) is 1. The molecule has 1 aliphatic rings. The SMILES string of the molecule is CN(C)c1ccc(NC(=O)CN2CC(=O)Oc3cc([N+](=O)[O-])ccc32)cc1. The zero-order valence-electron chi connectivity index (χ0n) is 14.8. The van der Waals surface area contributed by atoms with E-state index in [1.54, 1.807) is 12.1 Å². The van der Waals surface area contributed by atoms with Gasteiger partial charge >= 0.3 is 5.97 Å². The Morgan fingerprint density at radius 1 is 1.26 bits per heavy atom. The number of nitrogens with one attached hydrogen (secondary N) is 1. The van der Waals surface area contributed by atoms with Gasteiger partial charge in [-0.15, -0.1) is 0 Å². The van der Waals surface area contributed by atoms with Crippen molar-refractivity contribution in [1.82, 2.24) is 0 Å². The van der Waals surface area contributed by atoms with Crippen LogP contribution in [0.4, 0.5) is 22.7 Å². The van der Waals surface area contributed by atoms with E-state index in [0.717, 1.165) is 5.69 Å². The van der Waals surface area contributed by atoms with Gasteiger partial charge in [-0.1, -0.05) is 0 Å². The highest BCUT2D eigenvalue weighted by molar-refractivity contribution is 5.96. The molecule has 0 spiro atoms. The summed E-state index contributed by atoms with van der Waals surface area (Å²) in [5, 5.41) is 13.7. The highest BCUT2D eigenvalue weighted by atomic mass is 16.6. The number of carbonyl (C=O) groups is 2. The lowest BCUT2D eigenvalue weighted by Gasteiger charge is -2.29. The van der Waals surface area contributed by atoms with Gasteiger partial charge in [-0.2, -0.15) is 0 Å². The molecule has 27 heavy (non-hydrogen) atoms. The van der Waals surface area contributed by atoms with Crippen LogP contribution in [-0.4, -0.2) is 44.0 Å². The zero-order chi connectivity index (χ0) is 19.6. The van der Waals surface area contributed by atoms with Crippen molar-refractivity contribution in [3.8, 4) is 5.75 Å². The van der Waals surface area contributed by atoms with E-state index in [1.807, 2.05) is 31.1 Å². The van der Waals surface area contributed by atoms with Crippen molar-refractivity contribution < 1.29 is 19.2 Å². The van der Waals surface area contributed by atoms with E-state index < -0.39 is 10.9 Å². The summed E-state index contributed by atoms with van der Waals surface area (Å²) in [7, 11) is 3.84. The molecule has 0 unspecified atom stereocenters. The van der Waals surface area contributed by atoms with Crippen LogP contribution in [-0.2, 0) is 9.59 Å². The lowest BCUT2D eigenvalue weighted by Crippen LogP contribution is -2.41. The predicted molar refractivity (Wildman–Crippen MR) is 100 cm³/mol. The fourth-order valence-corrected chi connectivity index (χ4v) is 2.71. The molecule has 1 heterocycles. The number of nitrogens with zero attached hydrogens (tertiary/aromatic N) is 3. The third-order valence-corrected chi connectivity index (χ3v) is 4.04. The molecule has 0 saturated carbocycles. The quantitative estimate of drug-likeness (QED) is 0.371. The molecular weight excluding hydrogens is 352 g/mol. The van der Waals surface area contributed by atoms with Gasteiger partial charge in [0.1, 0.15) is 6.54 Å². The van der Waals surface area contributed by atoms with Gasteiger partial charge in [0.05, 0.1) is 23.2 Å². The topological polar surface area (TPSA) is 105 Å². The molecular formula is C18H18N4O5. The molecule has 9 heteroatoms. The fraction of sp³-hybridized carbons (Fsp3) is 0.222. The van der Waals surface area contributed by atoms with Gasteiger partial charge in [-0.25, -0.2) is 4.79 Å². The van der Waals surface area contributed by atoms with Crippen LogP contribution < -0.4 is 19.9 Å². The molecule has 3 rings (SSSR count). The van der Waals surface area contributed by atoms with Crippen molar-refractivity contribution in [2.24, 2.45) is 0 Å². The van der Waals surface area contributed by atoms with E-state index in [0.29, 0.717) is 11.4 Å². The largest absolute Gasteiger partial charge is 0.423 e. The third kappa shape index (κ3) is 4.14. The summed E-state index contributed by atoms with van der Waals surface area (Å²) in [5.74, 6) is -0.818. The van der Waals surface area contributed by atoms with E-state index in [-0.39, 0.29) is 30.4 Å². The lowest BCUT2D eigenvalue weighted by atomic mass is 10.2. The number of non-ortho nitro benzene ring substituents is 1. The first-order valence-corrected chi connectivity index (χ1v) is 8.15. The van der Waals surface area contributed by atoms with Crippen molar-refractivity contribution in [2.45, 2.75) is 0 Å². The van der Waals surface area contributed by atoms with E-state index in [1.165, 1.54) is 23.1 Å². The summed E-state index contributed by atoms with van der Waals surface area (Å²) in [6.07, 6.45) is 0. The zero-order valence-corrected chi connectivity index (χ0v) is 14.8. The number of hydrogen-bond acceptors (Lipinski definition) is 7. The number of carbonyl (C=O) groups excluding carboxylic acids is 2. The first-order chi connectivity index (χ1) is 12.8. The van der Waals surface area contributed by atoms with Gasteiger partial charge in [0.25, 0.3) is 5.69 Å². The van der Waals surface area contributed by atoms with Crippen molar-refractivity contribution in [3.05, 3.63) is 52.6 Å². The standard InChI is InChI=1S/C18H18N4O5/c1-20(2)13-5-3-12(4-6-13)19-17(23)10-21-11-18(24)27-16-9-14(22(25)26)7-8-15(16)21/h3-9H,10-11H2,1-2H3,(H,19,23). The number of nitro benzene ring substituents is 1. The summed E-state index contributed by atoms with van der Waals surface area (Å²) in [4.78, 5) is 37.9. The molecule has 1 amide bonds. The summed E-state index contributed by atoms with van der Waals surface area (Å²) in [6.45, 7) is -0.201. The smallest absolute Gasteiger partial charge is 0.331 e. The summed E-state index contributed by atoms with van der Waals surface area (Å²) >= 11 is 0. The number of anilines is 3. The fourth-order valence-electron chi connectivity index (χ4n) is 2.71. The number of amides is 1. The van der Waals surface area contributed by atoms with Crippen LogP contribution in [0.2, 0.25) is 0 Å². The van der Waals surface area contributed by atoms with Crippen LogP contribution in [0.3, 0.4) is 0 Å². The minimum Gasteiger partial charge on any atom is -0.423 e. The van der Waals surface area contributed by atoms with Gasteiger partial charge in [-0.05, 0) is 30.3 Å². The molecule has 9 nitrogen and oxygen atoms in total. The van der Waals surface area contributed by atoms with Crippen molar-refractivity contribution in [3.63, 3.8) is 0 Å². The van der Waals surface area contributed by atoms with Crippen molar-refractivity contribution in [1.29, 1.82) is 0 Å². The van der Waals surface area contributed by atoms with E-state index in [4.69, 9.17) is 4.74 Å². The lowest BCUT2D eigenvalue weighted by molar-refractivity contribution is -0.384. The van der Waals surface area contributed by atoms with Crippen LogP contribution in [0.1, 0.15) is 0 Å². The van der Waals surface area contributed by atoms with Gasteiger partial charge in [0, 0.05) is 31.5 Å². The van der Waals surface area contributed by atoms with Gasteiger partial charge in [0.2, 0.25) is 5.91 Å². The Labute approximate surface area is 155 Å². The summed E-state index contributed by atoms with van der Waals surface area (Å²) in [6, 6.07) is 11.3. The monoisotopic (exact) mass is 370 g/mol. The first-order valence-electron chi connectivity index (χ1n) is 8.15. The van der Waals surface area contributed by atoms with Crippen LogP contribution in [0.15, 0.2) is 42.5 Å². The Hall–Kier alpha value is -3.62. The minimum atomic E-state index is -0.578. The number of esters is 1. The Morgan fingerprint density at radius 3 is 2.59 bits per heavy atom. The number of hydrogen-bond donors (Lipinski definition) is 1. The van der Waals surface area contributed by atoms with E-state index in [9.17, 15) is 19.7 Å². The van der Waals surface area contributed by atoms with E-state index >= 15 is 0 Å². The number of fused-ring (bicyclic) bond motifs is 1. The molecule has 0 aliphatic carbocycles. The Balaban J connectivity index is 1.72. The average Bonchev–Trinajstić information content (AvgIpc) is 2.61. The number of benzene rings is 2. The highest BCUT2D eigenvalue weighted by Crippen LogP contribution is 2.35. The number of nitro groups is 1. The second kappa shape index (κ2) is 7.32. The molecule has 0 fully saturated rings. The van der Waals surface area contributed by atoms with Crippen LogP contribution in [0.5, 0.6) is 5.75 Å². The van der Waals surface area contributed by atoms with E-state index in [2.05, 4.69) is 5.32 Å². The molecule has 0 bridgehead atoms. The molecule has 0 atom stereocenters.